The summed E-state index contributed by atoms with van der Waals surface area (Å²) >= 11 is 18.1. The Labute approximate surface area is 192 Å². The molecule has 3 heterocycles. The van der Waals surface area contributed by atoms with Gasteiger partial charge in [0.25, 0.3) is 0 Å². The molecule has 1 aromatic heterocycles. The van der Waals surface area contributed by atoms with Crippen LogP contribution >= 0.6 is 34.8 Å². The molecule has 2 aliphatic rings. The van der Waals surface area contributed by atoms with Crippen LogP contribution in [0.3, 0.4) is 0 Å². The van der Waals surface area contributed by atoms with Crippen molar-refractivity contribution in [3.63, 3.8) is 0 Å². The standard InChI is InChI=1S/C20H20Cl3F3N4O/c1-11-18(23)19(20(24,25)26)27-30(11)17(10-31)29-8-13-6-28(7-14(13)9-29)5-12-2-3-15(21)4-16(12)22/h2-4,10,13-14,17H,5-9H2,1H3. The Balaban J connectivity index is 1.45. The van der Waals surface area contributed by atoms with E-state index in [0.717, 1.165) is 23.3 Å². The monoisotopic (exact) mass is 494 g/mol. The Bertz CT molecular complexity index is 983. The van der Waals surface area contributed by atoms with Gasteiger partial charge in [-0.1, -0.05) is 40.9 Å². The van der Waals surface area contributed by atoms with Crippen LogP contribution in [-0.4, -0.2) is 52.0 Å². The van der Waals surface area contributed by atoms with E-state index in [2.05, 4.69) is 10.00 Å². The largest absolute Gasteiger partial charge is 0.436 e. The molecule has 0 saturated carbocycles. The fourth-order valence-corrected chi connectivity index (χ4v) is 5.30. The van der Waals surface area contributed by atoms with E-state index in [4.69, 9.17) is 34.8 Å². The highest BCUT2D eigenvalue weighted by Crippen LogP contribution is 2.39. The highest BCUT2D eigenvalue weighted by Gasteiger charge is 2.44. The van der Waals surface area contributed by atoms with Crippen LogP contribution in [0.15, 0.2) is 18.2 Å². The highest BCUT2D eigenvalue weighted by molar-refractivity contribution is 6.35. The number of likely N-dealkylation sites (tertiary alicyclic amines) is 2. The summed E-state index contributed by atoms with van der Waals surface area (Å²) in [6.45, 7) is 4.96. The molecule has 0 spiro atoms. The van der Waals surface area contributed by atoms with Crippen molar-refractivity contribution in [2.75, 3.05) is 26.2 Å². The smallest absolute Gasteiger partial charge is 0.299 e. The van der Waals surface area contributed by atoms with Crippen LogP contribution in [0.2, 0.25) is 15.1 Å². The molecule has 0 bridgehead atoms. The van der Waals surface area contributed by atoms with E-state index in [1.165, 1.54) is 6.92 Å². The van der Waals surface area contributed by atoms with Crippen LogP contribution in [0.1, 0.15) is 23.1 Å². The zero-order chi connectivity index (χ0) is 22.5. The summed E-state index contributed by atoms with van der Waals surface area (Å²) in [5, 5.41) is 4.37. The van der Waals surface area contributed by atoms with Gasteiger partial charge >= 0.3 is 6.18 Å². The second-order valence-electron chi connectivity index (χ2n) is 8.14. The van der Waals surface area contributed by atoms with Crippen LogP contribution in [0.4, 0.5) is 13.2 Å². The first-order valence-electron chi connectivity index (χ1n) is 9.76. The van der Waals surface area contributed by atoms with Crippen molar-refractivity contribution < 1.29 is 18.0 Å². The van der Waals surface area contributed by atoms with Gasteiger partial charge in [-0.2, -0.15) is 18.3 Å². The number of hydrogen-bond donors (Lipinski definition) is 0. The Kier molecular flexibility index (Phi) is 6.31. The molecule has 0 aliphatic carbocycles. The van der Waals surface area contributed by atoms with Gasteiger partial charge in [-0.05, 0) is 36.5 Å². The zero-order valence-corrected chi connectivity index (χ0v) is 18.8. The summed E-state index contributed by atoms with van der Waals surface area (Å²) in [6.07, 6.45) is -4.97. The molecule has 0 amide bonds. The first kappa shape index (κ1) is 22.9. The van der Waals surface area contributed by atoms with Crippen molar-refractivity contribution in [1.82, 2.24) is 19.6 Å². The molecular formula is C20H20Cl3F3N4O. The average molecular weight is 496 g/mol. The number of benzene rings is 1. The molecular weight excluding hydrogens is 476 g/mol. The lowest BCUT2D eigenvalue weighted by Gasteiger charge is -2.27. The number of aromatic nitrogens is 2. The molecule has 2 saturated heterocycles. The molecule has 3 atom stereocenters. The van der Waals surface area contributed by atoms with Crippen LogP contribution < -0.4 is 0 Å². The molecule has 168 valence electrons. The van der Waals surface area contributed by atoms with Crippen LogP contribution in [0.25, 0.3) is 0 Å². The van der Waals surface area contributed by atoms with Gasteiger partial charge in [0.15, 0.2) is 18.1 Å². The van der Waals surface area contributed by atoms with Crippen molar-refractivity contribution in [1.29, 1.82) is 0 Å². The van der Waals surface area contributed by atoms with Gasteiger partial charge in [-0.15, -0.1) is 0 Å². The lowest BCUT2D eigenvalue weighted by molar-refractivity contribution is -0.142. The minimum atomic E-state index is -4.68. The minimum absolute atomic E-state index is 0.127. The van der Waals surface area contributed by atoms with Gasteiger partial charge in [0.2, 0.25) is 0 Å². The summed E-state index contributed by atoms with van der Waals surface area (Å²) in [4.78, 5) is 16.0. The predicted molar refractivity (Wildman–Crippen MR) is 112 cm³/mol. The third-order valence-corrected chi connectivity index (χ3v) is 7.13. The van der Waals surface area contributed by atoms with Gasteiger partial charge < -0.3 is 0 Å². The second kappa shape index (κ2) is 8.56. The lowest BCUT2D eigenvalue weighted by Crippen LogP contribution is -2.36. The summed E-state index contributed by atoms with van der Waals surface area (Å²) in [6, 6.07) is 5.44. The Hall–Kier alpha value is -1.32. The van der Waals surface area contributed by atoms with Crippen molar-refractivity contribution in [2.45, 2.75) is 25.8 Å². The number of hydrogen-bond acceptors (Lipinski definition) is 4. The van der Waals surface area contributed by atoms with Gasteiger partial charge in [0, 0.05) is 42.8 Å². The van der Waals surface area contributed by atoms with Gasteiger partial charge in [0.05, 0.1) is 10.7 Å². The quantitative estimate of drug-likeness (QED) is 0.552. The normalized spacial score (nSPS) is 23.3. The second-order valence-corrected chi connectivity index (χ2v) is 9.37. The maximum atomic E-state index is 13.2. The zero-order valence-electron chi connectivity index (χ0n) is 16.5. The molecule has 31 heavy (non-hydrogen) atoms. The van der Waals surface area contributed by atoms with Crippen molar-refractivity contribution in [3.05, 3.63) is 50.2 Å². The third kappa shape index (κ3) is 4.46. The van der Waals surface area contributed by atoms with Gasteiger partial charge in [-0.3, -0.25) is 14.6 Å². The van der Waals surface area contributed by atoms with E-state index in [1.807, 2.05) is 17.0 Å². The molecule has 2 aliphatic heterocycles. The Morgan fingerprint density at radius 2 is 1.81 bits per heavy atom. The van der Waals surface area contributed by atoms with Gasteiger partial charge in [0.1, 0.15) is 0 Å². The van der Waals surface area contributed by atoms with Crippen LogP contribution in [-0.2, 0) is 17.5 Å². The number of fused-ring (bicyclic) bond motifs is 1. The van der Waals surface area contributed by atoms with Crippen molar-refractivity contribution in [3.8, 4) is 0 Å². The number of alkyl halides is 3. The lowest BCUT2D eigenvalue weighted by atomic mass is 10.0. The fourth-order valence-electron chi connectivity index (χ4n) is 4.60. The molecule has 2 aromatic rings. The highest BCUT2D eigenvalue weighted by atomic mass is 35.5. The van der Waals surface area contributed by atoms with E-state index < -0.39 is 23.1 Å². The number of rotatable bonds is 5. The molecule has 0 N–H and O–H groups in total. The SMILES string of the molecule is Cc1c(Cl)c(C(F)(F)F)nn1C(C=O)N1CC2CN(Cc3ccc(Cl)cc3Cl)CC2C1. The summed E-state index contributed by atoms with van der Waals surface area (Å²) in [5.74, 6) is 0.615. The summed E-state index contributed by atoms with van der Waals surface area (Å²) in [5.41, 5.74) is -0.0405. The number of aldehydes is 1. The molecule has 4 rings (SSSR count). The van der Waals surface area contributed by atoms with E-state index in [9.17, 15) is 18.0 Å². The predicted octanol–water partition coefficient (Wildman–Crippen LogP) is 4.93. The number of halogens is 6. The third-order valence-electron chi connectivity index (χ3n) is 6.09. The summed E-state index contributed by atoms with van der Waals surface area (Å²) in [7, 11) is 0. The maximum Gasteiger partial charge on any atom is 0.436 e. The molecule has 2 fully saturated rings. The van der Waals surface area contributed by atoms with Crippen molar-refractivity contribution in [2.24, 2.45) is 11.8 Å². The first-order valence-corrected chi connectivity index (χ1v) is 10.9. The number of carbonyl (C=O) groups excluding carboxylic acids is 1. The van der Waals surface area contributed by atoms with Crippen molar-refractivity contribution >= 4 is 41.1 Å². The molecule has 3 unspecified atom stereocenters. The minimum Gasteiger partial charge on any atom is -0.299 e. The maximum absolute atomic E-state index is 13.2. The van der Waals surface area contributed by atoms with Crippen LogP contribution in [0.5, 0.6) is 0 Å². The molecule has 5 nitrogen and oxygen atoms in total. The Morgan fingerprint density at radius 3 is 2.32 bits per heavy atom. The molecule has 0 radical (unpaired) electrons. The van der Waals surface area contributed by atoms with E-state index in [-0.39, 0.29) is 5.69 Å². The fraction of sp³-hybridized carbons (Fsp3) is 0.500. The molecule has 11 heteroatoms. The average Bonchev–Trinajstić information content (AvgIpc) is 3.32. The van der Waals surface area contributed by atoms with E-state index in [1.54, 1.807) is 6.07 Å². The molecule has 1 aromatic carbocycles. The van der Waals surface area contributed by atoms with E-state index in [0.29, 0.717) is 47.8 Å². The number of carbonyl (C=O) groups is 1. The summed E-state index contributed by atoms with van der Waals surface area (Å²) < 4.78 is 40.6. The number of nitrogens with zero attached hydrogens (tertiary/aromatic N) is 4. The van der Waals surface area contributed by atoms with E-state index >= 15 is 0 Å². The Morgan fingerprint density at radius 1 is 1.16 bits per heavy atom. The first-order chi connectivity index (χ1) is 14.6. The van der Waals surface area contributed by atoms with Gasteiger partial charge in [-0.25, -0.2) is 4.68 Å². The topological polar surface area (TPSA) is 41.4 Å². The van der Waals surface area contributed by atoms with Crippen LogP contribution in [0, 0.1) is 18.8 Å².